The minimum Gasteiger partial charge on any atom is -0.477 e. The van der Waals surface area contributed by atoms with E-state index in [9.17, 15) is 4.79 Å². The third kappa shape index (κ3) is 2.40. The summed E-state index contributed by atoms with van der Waals surface area (Å²) in [7, 11) is 1.56. The maximum absolute atomic E-state index is 10.7. The van der Waals surface area contributed by atoms with Gasteiger partial charge in [0.05, 0.1) is 12.3 Å². The molecule has 0 aromatic carbocycles. The molecule has 0 bridgehead atoms. The zero-order valence-electron chi connectivity index (χ0n) is 7.09. The molecule has 0 spiro atoms. The number of imidazole rings is 1. The highest BCUT2D eigenvalue weighted by Crippen LogP contribution is 2.04. The summed E-state index contributed by atoms with van der Waals surface area (Å²) in [6.07, 6.45) is 0.505. The summed E-state index contributed by atoms with van der Waals surface area (Å²) in [5.41, 5.74) is 0.682. The number of hydrogen-bond acceptors (Lipinski definition) is 3. The fourth-order valence-corrected chi connectivity index (χ4v) is 1.22. The predicted molar refractivity (Wildman–Crippen MR) is 48.5 cm³/mol. The summed E-state index contributed by atoms with van der Waals surface area (Å²) in [6, 6.07) is 0. The van der Waals surface area contributed by atoms with Crippen LogP contribution in [0.4, 0.5) is 0 Å². The maximum atomic E-state index is 10.7. The quantitative estimate of drug-likeness (QED) is 0.635. The summed E-state index contributed by atoms with van der Waals surface area (Å²) in [5.74, 6) is -1.02. The molecular weight excluding hydrogens is 192 g/mol. The first kappa shape index (κ1) is 9.94. The number of H-pyrrole nitrogens is 2. The summed E-state index contributed by atoms with van der Waals surface area (Å²) >= 11 is 4.77. The number of aromatic carboxylic acids is 1. The van der Waals surface area contributed by atoms with Gasteiger partial charge in [-0.1, -0.05) is 0 Å². The fraction of sp³-hybridized carbons (Fsp3) is 0.429. The normalized spacial score (nSPS) is 10.2. The fourth-order valence-electron chi connectivity index (χ4n) is 0.994. The van der Waals surface area contributed by atoms with Gasteiger partial charge in [-0.3, -0.25) is 0 Å². The van der Waals surface area contributed by atoms with Crippen LogP contribution >= 0.6 is 12.2 Å². The Hall–Kier alpha value is -1.14. The van der Waals surface area contributed by atoms with Crippen molar-refractivity contribution < 1.29 is 14.6 Å². The van der Waals surface area contributed by atoms with Gasteiger partial charge in [-0.2, -0.15) is 0 Å². The van der Waals surface area contributed by atoms with E-state index < -0.39 is 5.97 Å². The SMILES string of the molecule is COCCc1[nH]c(=S)[nH]c1C(=O)O. The molecule has 72 valence electrons. The van der Waals surface area contributed by atoms with E-state index in [1.165, 1.54) is 0 Å². The van der Waals surface area contributed by atoms with Crippen molar-refractivity contribution in [2.24, 2.45) is 0 Å². The van der Waals surface area contributed by atoms with Crippen LogP contribution in [-0.4, -0.2) is 34.8 Å². The Morgan fingerprint density at radius 1 is 1.62 bits per heavy atom. The summed E-state index contributed by atoms with van der Waals surface area (Å²) in [5, 5.41) is 8.74. The molecule has 0 unspecified atom stereocenters. The second-order valence-corrected chi connectivity index (χ2v) is 2.89. The van der Waals surface area contributed by atoms with Gasteiger partial charge in [0.15, 0.2) is 4.77 Å². The number of aromatic nitrogens is 2. The highest BCUT2D eigenvalue weighted by molar-refractivity contribution is 7.71. The molecule has 1 rings (SSSR count). The molecule has 13 heavy (non-hydrogen) atoms. The zero-order chi connectivity index (χ0) is 9.84. The first-order chi connectivity index (χ1) is 6.15. The molecule has 0 atom stereocenters. The number of methoxy groups -OCH3 is 1. The van der Waals surface area contributed by atoms with Gasteiger partial charge in [0, 0.05) is 13.5 Å². The van der Waals surface area contributed by atoms with E-state index in [1.54, 1.807) is 7.11 Å². The Bertz CT molecular complexity index is 355. The molecular formula is C7H10N2O3S. The Balaban J connectivity index is 2.91. The van der Waals surface area contributed by atoms with Crippen LogP contribution in [0.15, 0.2) is 0 Å². The van der Waals surface area contributed by atoms with Gasteiger partial charge in [0.25, 0.3) is 0 Å². The van der Waals surface area contributed by atoms with Crippen molar-refractivity contribution in [1.29, 1.82) is 0 Å². The molecule has 0 radical (unpaired) electrons. The van der Waals surface area contributed by atoms with Crippen LogP contribution in [0.25, 0.3) is 0 Å². The lowest BCUT2D eigenvalue weighted by molar-refractivity contribution is 0.0689. The molecule has 0 saturated heterocycles. The summed E-state index contributed by atoms with van der Waals surface area (Å²) in [4.78, 5) is 16.0. The number of carboxylic acid groups (broad SMARTS) is 1. The zero-order valence-corrected chi connectivity index (χ0v) is 7.90. The molecule has 0 fully saturated rings. The van der Waals surface area contributed by atoms with Crippen LogP contribution in [0.3, 0.4) is 0 Å². The van der Waals surface area contributed by atoms with Crippen molar-refractivity contribution in [3.8, 4) is 0 Å². The number of carboxylic acids is 1. The smallest absolute Gasteiger partial charge is 0.354 e. The van der Waals surface area contributed by atoms with E-state index >= 15 is 0 Å². The van der Waals surface area contributed by atoms with Gasteiger partial charge in [-0.15, -0.1) is 0 Å². The number of ether oxygens (including phenoxy) is 1. The summed E-state index contributed by atoms with van der Waals surface area (Å²) < 4.78 is 5.15. The maximum Gasteiger partial charge on any atom is 0.354 e. The van der Waals surface area contributed by atoms with E-state index in [0.717, 1.165) is 0 Å². The van der Waals surface area contributed by atoms with Crippen molar-refractivity contribution in [3.63, 3.8) is 0 Å². The van der Waals surface area contributed by atoms with Gasteiger partial charge in [0.2, 0.25) is 0 Å². The van der Waals surface area contributed by atoms with Gasteiger partial charge in [-0.05, 0) is 12.2 Å². The predicted octanol–water partition coefficient (Wildman–Crippen LogP) is 0.959. The van der Waals surface area contributed by atoms with E-state index in [0.29, 0.717) is 23.5 Å². The first-order valence-electron chi connectivity index (χ1n) is 3.68. The lowest BCUT2D eigenvalue weighted by Crippen LogP contribution is -2.04. The molecule has 5 nitrogen and oxygen atoms in total. The molecule has 1 aromatic rings. The van der Waals surface area contributed by atoms with E-state index in [1.807, 2.05) is 0 Å². The standard InChI is InChI=1S/C7H10N2O3S/c1-12-3-2-4-5(6(10)11)9-7(13)8-4/h2-3H2,1H3,(H,10,11)(H2,8,9,13). The van der Waals surface area contributed by atoms with Crippen molar-refractivity contribution in [2.75, 3.05) is 13.7 Å². The highest BCUT2D eigenvalue weighted by Gasteiger charge is 2.11. The second-order valence-electron chi connectivity index (χ2n) is 2.48. The Morgan fingerprint density at radius 2 is 2.31 bits per heavy atom. The number of carbonyl (C=O) groups is 1. The lowest BCUT2D eigenvalue weighted by Gasteiger charge is -1.97. The third-order valence-electron chi connectivity index (χ3n) is 1.57. The Kier molecular flexibility index (Phi) is 3.21. The van der Waals surface area contributed by atoms with Gasteiger partial charge >= 0.3 is 5.97 Å². The van der Waals surface area contributed by atoms with Gasteiger partial charge in [0.1, 0.15) is 5.69 Å². The minimum absolute atomic E-state index is 0.113. The van der Waals surface area contributed by atoms with Crippen molar-refractivity contribution in [1.82, 2.24) is 9.97 Å². The minimum atomic E-state index is -1.02. The average Bonchev–Trinajstić information content (AvgIpc) is 2.43. The van der Waals surface area contributed by atoms with E-state index in [-0.39, 0.29) is 5.69 Å². The molecule has 6 heteroatoms. The second kappa shape index (κ2) is 4.20. The summed E-state index contributed by atoms with van der Waals surface area (Å²) in [6.45, 7) is 0.462. The van der Waals surface area contributed by atoms with Crippen LogP contribution in [-0.2, 0) is 11.2 Å². The molecule has 0 aliphatic rings. The van der Waals surface area contributed by atoms with Gasteiger partial charge < -0.3 is 19.8 Å². The van der Waals surface area contributed by atoms with E-state index in [4.69, 9.17) is 22.1 Å². The van der Waals surface area contributed by atoms with Crippen molar-refractivity contribution >= 4 is 18.2 Å². The number of aromatic amines is 2. The lowest BCUT2D eigenvalue weighted by atomic mass is 10.2. The molecule has 0 aliphatic carbocycles. The molecule has 1 heterocycles. The van der Waals surface area contributed by atoms with Crippen LogP contribution in [0.5, 0.6) is 0 Å². The molecule has 0 saturated carbocycles. The van der Waals surface area contributed by atoms with Crippen molar-refractivity contribution in [2.45, 2.75) is 6.42 Å². The molecule has 3 N–H and O–H groups in total. The Morgan fingerprint density at radius 3 is 2.85 bits per heavy atom. The topological polar surface area (TPSA) is 78.1 Å². The van der Waals surface area contributed by atoms with Crippen molar-refractivity contribution in [3.05, 3.63) is 16.2 Å². The molecule has 0 aliphatic heterocycles. The Labute approximate surface area is 79.7 Å². The van der Waals surface area contributed by atoms with Crippen LogP contribution in [0.1, 0.15) is 16.2 Å². The van der Waals surface area contributed by atoms with Gasteiger partial charge in [-0.25, -0.2) is 4.79 Å². The monoisotopic (exact) mass is 202 g/mol. The highest BCUT2D eigenvalue weighted by atomic mass is 32.1. The average molecular weight is 202 g/mol. The molecule has 1 aromatic heterocycles. The van der Waals surface area contributed by atoms with Crippen LogP contribution in [0, 0.1) is 4.77 Å². The molecule has 0 amide bonds. The number of hydrogen-bond donors (Lipinski definition) is 3. The van der Waals surface area contributed by atoms with Crippen LogP contribution < -0.4 is 0 Å². The van der Waals surface area contributed by atoms with Crippen LogP contribution in [0.2, 0.25) is 0 Å². The third-order valence-corrected chi connectivity index (χ3v) is 1.78. The number of nitrogens with one attached hydrogen (secondary N) is 2. The number of rotatable bonds is 4. The first-order valence-corrected chi connectivity index (χ1v) is 4.09. The van der Waals surface area contributed by atoms with E-state index in [2.05, 4.69) is 9.97 Å². The largest absolute Gasteiger partial charge is 0.477 e.